The van der Waals surface area contributed by atoms with E-state index in [-0.39, 0.29) is 42.2 Å². The molecule has 0 aromatic rings. The lowest BCUT2D eigenvalue weighted by Crippen LogP contribution is -2.45. The predicted octanol–water partition coefficient (Wildman–Crippen LogP) is 10.4. The lowest BCUT2D eigenvalue weighted by Gasteiger charge is -2.28. The Hall–Kier alpha value is -1.16. The smallest absolute Gasteiger partial charge is 0.303 e. The molecule has 3 radical (unpaired) electrons. The molecule has 0 saturated carbocycles. The van der Waals surface area contributed by atoms with Crippen LogP contribution >= 0.6 is 0 Å². The van der Waals surface area contributed by atoms with Gasteiger partial charge in [0.2, 0.25) is 0 Å². The van der Waals surface area contributed by atoms with E-state index in [0.717, 1.165) is 19.3 Å². The molecule has 0 amide bonds. The molecule has 0 aliphatic carbocycles. The second-order valence-corrected chi connectivity index (χ2v) is 14.8. The van der Waals surface area contributed by atoms with E-state index in [1.54, 1.807) is 0 Å². The van der Waals surface area contributed by atoms with Gasteiger partial charge in [0, 0.05) is 71.0 Å². The van der Waals surface area contributed by atoms with Crippen LogP contribution in [0.1, 0.15) is 185 Å². The second kappa shape index (κ2) is 31.9. The molecule has 0 aromatic heterocycles. The maximum atomic E-state index is 11.6. The fraction of sp³-hybridized carbons (Fsp3) is 0.956. The fourth-order valence-corrected chi connectivity index (χ4v) is 9.84. The fourth-order valence-electron chi connectivity index (χ4n) is 9.84. The zero-order valence-corrected chi connectivity index (χ0v) is 38.2. The van der Waals surface area contributed by atoms with E-state index in [9.17, 15) is 19.8 Å². The topological polar surface area (TPSA) is 123 Å². The van der Waals surface area contributed by atoms with Crippen LogP contribution < -0.4 is 21.3 Å². The highest BCUT2D eigenvalue weighted by Gasteiger charge is 2.50. The average Bonchev–Trinajstić information content (AvgIpc) is 3.81. The van der Waals surface area contributed by atoms with Crippen LogP contribution in [0.4, 0.5) is 0 Å². The molecule has 16 atom stereocenters. The molecule has 5 fully saturated rings. The first-order valence-electron chi connectivity index (χ1n) is 22.4. The van der Waals surface area contributed by atoms with Gasteiger partial charge in [0.15, 0.2) is 0 Å². The van der Waals surface area contributed by atoms with Gasteiger partial charge in [0.05, 0.1) is 0 Å². The summed E-state index contributed by atoms with van der Waals surface area (Å²) in [6.07, 6.45) is 6.08. The quantitative estimate of drug-likeness (QED) is 0.148. The van der Waals surface area contributed by atoms with Crippen molar-refractivity contribution >= 4 is 20.4 Å². The number of hydrogen-bond donors (Lipinski definition) is 6. The van der Waals surface area contributed by atoms with Crippen molar-refractivity contribution in [2.75, 3.05) is 0 Å². The van der Waals surface area contributed by atoms with Crippen LogP contribution in [0.2, 0.25) is 0 Å². The van der Waals surface area contributed by atoms with Crippen LogP contribution in [-0.2, 0) is 9.59 Å². The molecule has 5 aliphatic rings. The maximum absolute atomic E-state index is 11.6. The highest BCUT2D eigenvalue weighted by atomic mass is 16.4. The van der Waals surface area contributed by atoms with Gasteiger partial charge in [0.1, 0.15) is 0 Å². The minimum absolute atomic E-state index is 0. The SMILES string of the molecule is C.CC.CC.CC.CC.CC.CC.CC1C2CC3NC(CC4NC(CC5NC(CC(N2)C1C)C(C)C5CCC(=O)O)C(CCC(=O)O)C4C)C(C)C3C.[2HH].[B]. The highest BCUT2D eigenvalue weighted by molar-refractivity contribution is 5.75. The molecule has 54 heavy (non-hydrogen) atoms. The van der Waals surface area contributed by atoms with Crippen molar-refractivity contribution in [3.8, 4) is 0 Å². The minimum atomic E-state index is -0.714. The normalized spacial score (nSPS) is 38.3. The van der Waals surface area contributed by atoms with Gasteiger partial charge in [-0.15, -0.1) is 0 Å². The van der Waals surface area contributed by atoms with Gasteiger partial charge < -0.3 is 31.5 Å². The Bertz CT molecular complexity index is 865. The molecule has 5 aliphatic heterocycles. The lowest BCUT2D eigenvalue weighted by atomic mass is 9.77. The molecule has 9 heteroatoms. The van der Waals surface area contributed by atoms with Crippen molar-refractivity contribution in [2.45, 2.75) is 232 Å². The van der Waals surface area contributed by atoms with E-state index in [1.807, 2.05) is 83.1 Å². The van der Waals surface area contributed by atoms with E-state index >= 15 is 0 Å². The van der Waals surface area contributed by atoms with Crippen molar-refractivity contribution in [1.29, 1.82) is 0 Å². The summed E-state index contributed by atoms with van der Waals surface area (Å²) in [5.41, 5.74) is 0. The van der Waals surface area contributed by atoms with Gasteiger partial charge in [0.25, 0.3) is 0 Å². The summed E-state index contributed by atoms with van der Waals surface area (Å²) in [6.45, 7) is 38.4. The van der Waals surface area contributed by atoms with Crippen molar-refractivity contribution < 1.29 is 21.2 Å². The number of aliphatic carboxylic acids is 2. The van der Waals surface area contributed by atoms with Crippen LogP contribution in [0.3, 0.4) is 0 Å². The molecule has 8 bridgehead atoms. The van der Waals surface area contributed by atoms with Crippen molar-refractivity contribution in [3.63, 3.8) is 0 Å². The molecule has 6 N–H and O–H groups in total. The molecular weight excluding hydrogens is 671 g/mol. The van der Waals surface area contributed by atoms with Crippen molar-refractivity contribution in [1.82, 2.24) is 21.3 Å². The Morgan fingerprint density at radius 1 is 0.426 bits per heavy atom. The summed E-state index contributed by atoms with van der Waals surface area (Å²) >= 11 is 0. The average molecular weight is 771 g/mol. The first kappa shape index (κ1) is 59.5. The maximum Gasteiger partial charge on any atom is 0.303 e. The molecular formula is C45H98BN4O4. The summed E-state index contributed by atoms with van der Waals surface area (Å²) in [5.74, 6) is 2.50. The number of carbonyl (C=O) groups is 2. The van der Waals surface area contributed by atoms with E-state index in [2.05, 4.69) is 62.8 Å². The summed E-state index contributed by atoms with van der Waals surface area (Å²) in [7, 11) is 0. The largest absolute Gasteiger partial charge is 0.481 e. The summed E-state index contributed by atoms with van der Waals surface area (Å²) in [4.78, 5) is 23.2. The predicted molar refractivity (Wildman–Crippen MR) is 240 cm³/mol. The van der Waals surface area contributed by atoms with Gasteiger partial charge in [-0.3, -0.25) is 9.59 Å². The van der Waals surface area contributed by atoms with Crippen LogP contribution in [0, 0.1) is 47.3 Å². The standard InChI is InChI=1S/C32H56N4O4.6C2H6.CH4.B.H2/c1-15-17(3)25-12-27-19(5)21(7-9-31(37)38)29(35-27)14-30-22(8-10-32(39)40)20(6)28(36-30)13-26-18(4)16(2)24(34-26)11-23(15)33-25;6*1-2;;;/h15-30,33-36H,7-14H2,1-6H3,(H,37,38)(H,39,40);6*1-2H3;1H4;;1H/i;;;;;;;;;1+1. The van der Waals surface area contributed by atoms with Crippen LogP contribution in [-0.4, -0.2) is 78.9 Å². The molecule has 325 valence electrons. The van der Waals surface area contributed by atoms with Gasteiger partial charge in [-0.2, -0.15) is 0 Å². The van der Waals surface area contributed by atoms with Crippen LogP contribution in [0.25, 0.3) is 0 Å². The summed E-state index contributed by atoms with van der Waals surface area (Å²) < 4.78 is 0. The minimum Gasteiger partial charge on any atom is -0.481 e. The number of hydrogen-bond acceptors (Lipinski definition) is 6. The van der Waals surface area contributed by atoms with Crippen molar-refractivity contribution in [2.24, 2.45) is 47.3 Å². The zero-order chi connectivity index (χ0) is 40.9. The molecule has 5 saturated heterocycles. The first-order valence-corrected chi connectivity index (χ1v) is 22.4. The third-order valence-electron chi connectivity index (χ3n) is 13.0. The number of nitrogens with one attached hydrogen (secondary N) is 4. The van der Waals surface area contributed by atoms with Crippen LogP contribution in [0.15, 0.2) is 0 Å². The molecule has 0 spiro atoms. The molecule has 16 unspecified atom stereocenters. The molecule has 5 rings (SSSR count). The van der Waals surface area contributed by atoms with E-state index in [0.29, 0.717) is 96.4 Å². The van der Waals surface area contributed by atoms with Gasteiger partial charge in [-0.25, -0.2) is 0 Å². The van der Waals surface area contributed by atoms with Gasteiger partial charge in [-0.1, -0.05) is 132 Å². The molecule has 8 nitrogen and oxygen atoms in total. The number of carboxylic acids is 2. The van der Waals surface area contributed by atoms with E-state index in [4.69, 9.17) is 0 Å². The summed E-state index contributed by atoms with van der Waals surface area (Å²) in [6, 6.07) is 3.19. The molecule has 0 aromatic carbocycles. The number of rotatable bonds is 6. The van der Waals surface area contributed by atoms with E-state index < -0.39 is 11.9 Å². The van der Waals surface area contributed by atoms with Gasteiger partial charge >= 0.3 is 11.9 Å². The lowest BCUT2D eigenvalue weighted by molar-refractivity contribution is -0.138. The third kappa shape index (κ3) is 16.0. The monoisotopic (exact) mass is 771 g/mol. The Morgan fingerprint density at radius 3 is 0.833 bits per heavy atom. The Kier molecular flexibility index (Phi) is 35.1. The second-order valence-electron chi connectivity index (χ2n) is 14.8. The number of carboxylic acid groups (broad SMARTS) is 2. The Balaban J connectivity index is -0.000000508. The number of fused-ring (bicyclic) bond motifs is 8. The van der Waals surface area contributed by atoms with Crippen LogP contribution in [0.5, 0.6) is 0 Å². The van der Waals surface area contributed by atoms with Crippen molar-refractivity contribution in [3.05, 3.63) is 0 Å². The Morgan fingerprint density at radius 2 is 0.611 bits per heavy atom. The third-order valence-corrected chi connectivity index (χ3v) is 13.0. The van der Waals surface area contributed by atoms with E-state index in [1.165, 1.54) is 6.42 Å². The van der Waals surface area contributed by atoms with Gasteiger partial charge in [-0.05, 0) is 85.9 Å². The zero-order valence-electron chi connectivity index (χ0n) is 38.2. The summed E-state index contributed by atoms with van der Waals surface area (Å²) in [5, 5.41) is 35.3. The Labute approximate surface area is 341 Å². The molecule has 5 heterocycles. The first-order chi connectivity index (χ1) is 24.9. The highest BCUT2D eigenvalue weighted by Crippen LogP contribution is 2.44.